The second-order valence-corrected chi connectivity index (χ2v) is 7.20. The van der Waals surface area contributed by atoms with Crippen LogP contribution in [0.2, 0.25) is 0 Å². The Bertz CT molecular complexity index is 867. The number of carbonyl (C=O) groups is 1. The van der Waals surface area contributed by atoms with Gasteiger partial charge in [0.15, 0.2) is 0 Å². The third kappa shape index (κ3) is 2.88. The molecule has 0 radical (unpaired) electrons. The van der Waals surface area contributed by atoms with Gasteiger partial charge in [-0.2, -0.15) is 0 Å². The minimum Gasteiger partial charge on any atom is -0.311 e. The summed E-state index contributed by atoms with van der Waals surface area (Å²) in [5.41, 5.74) is 3.89. The van der Waals surface area contributed by atoms with Crippen molar-refractivity contribution in [2.24, 2.45) is 5.16 Å². The van der Waals surface area contributed by atoms with E-state index in [-0.39, 0.29) is 0 Å². The van der Waals surface area contributed by atoms with Crippen LogP contribution in [0.5, 0.6) is 0 Å². The Balaban J connectivity index is 1.78. The monoisotopic (exact) mass is 351 g/mol. The number of hydrogen-bond donors (Lipinski definition) is 0. The number of benzene rings is 2. The van der Waals surface area contributed by atoms with Crippen molar-refractivity contribution in [2.75, 3.05) is 0 Å². The minimum absolute atomic E-state index is 0.427. The van der Waals surface area contributed by atoms with E-state index in [0.717, 1.165) is 21.8 Å². The normalized spacial score (nSPS) is 14.6. The maximum atomic E-state index is 12.1. The fourth-order valence-corrected chi connectivity index (χ4v) is 4.24. The van der Waals surface area contributed by atoms with E-state index < -0.39 is 5.97 Å². The Morgan fingerprint density at radius 3 is 2.58 bits per heavy atom. The topological polar surface area (TPSA) is 38.7 Å². The Morgan fingerprint density at radius 1 is 0.958 bits per heavy atom. The fourth-order valence-electron chi connectivity index (χ4n) is 2.59. The zero-order valence-electron chi connectivity index (χ0n) is 12.6. The van der Waals surface area contributed by atoms with E-state index in [1.807, 2.05) is 47.8 Å². The smallest absolute Gasteiger partial charge is 0.311 e. The van der Waals surface area contributed by atoms with Gasteiger partial charge in [-0.1, -0.05) is 53.7 Å². The van der Waals surface area contributed by atoms with Gasteiger partial charge < -0.3 is 4.84 Å². The molecule has 0 amide bonds. The number of oxime groups is 1. The van der Waals surface area contributed by atoms with Crippen LogP contribution in [0.25, 0.3) is 0 Å². The van der Waals surface area contributed by atoms with Crippen LogP contribution >= 0.6 is 23.1 Å². The highest BCUT2D eigenvalue weighted by atomic mass is 32.2. The van der Waals surface area contributed by atoms with Crippen LogP contribution in [0.15, 0.2) is 76.1 Å². The van der Waals surface area contributed by atoms with Gasteiger partial charge in [0.25, 0.3) is 0 Å². The molecule has 0 N–H and O–H groups in total. The molecule has 1 aliphatic heterocycles. The molecule has 24 heavy (non-hydrogen) atoms. The number of nitrogens with zero attached hydrogens (tertiary/aromatic N) is 1. The standard InChI is InChI=1S/C19H13NO2S2/c21-19(17-10-5-11-23-17)22-20-18-14-7-2-1-6-13(14)12-24-16-9-4-3-8-15(16)18/h1-11H,12H2/b20-18+. The lowest BCUT2D eigenvalue weighted by Gasteiger charge is -2.08. The van der Waals surface area contributed by atoms with Crippen LogP contribution in [0, 0.1) is 0 Å². The lowest BCUT2D eigenvalue weighted by atomic mass is 9.98. The summed E-state index contributed by atoms with van der Waals surface area (Å²) < 4.78 is 0. The first-order valence-corrected chi connectivity index (χ1v) is 9.33. The molecule has 0 unspecified atom stereocenters. The van der Waals surface area contributed by atoms with Crippen LogP contribution in [-0.2, 0) is 10.6 Å². The average molecular weight is 351 g/mol. The van der Waals surface area contributed by atoms with Crippen molar-refractivity contribution in [3.05, 3.63) is 87.6 Å². The molecule has 1 aliphatic rings. The number of thioether (sulfide) groups is 1. The lowest BCUT2D eigenvalue weighted by molar-refractivity contribution is 0.0522. The number of thiophene rings is 1. The molecule has 0 bridgehead atoms. The van der Waals surface area contributed by atoms with Crippen molar-refractivity contribution >= 4 is 34.8 Å². The molecule has 2 aromatic carbocycles. The molecule has 0 aliphatic carbocycles. The Morgan fingerprint density at radius 2 is 1.75 bits per heavy atom. The Hall–Kier alpha value is -2.37. The molecule has 0 saturated carbocycles. The van der Waals surface area contributed by atoms with Gasteiger partial charge in [-0.25, -0.2) is 4.79 Å². The van der Waals surface area contributed by atoms with Gasteiger partial charge in [0.2, 0.25) is 0 Å². The second-order valence-electron chi connectivity index (χ2n) is 5.24. The van der Waals surface area contributed by atoms with Crippen molar-refractivity contribution in [3.8, 4) is 0 Å². The van der Waals surface area contributed by atoms with Gasteiger partial charge in [0.05, 0.1) is 0 Å². The lowest BCUT2D eigenvalue weighted by Crippen LogP contribution is -2.08. The second kappa shape index (κ2) is 6.63. The van der Waals surface area contributed by atoms with E-state index in [9.17, 15) is 4.79 Å². The summed E-state index contributed by atoms with van der Waals surface area (Å²) in [7, 11) is 0. The fraction of sp³-hybridized carbons (Fsp3) is 0.0526. The van der Waals surface area contributed by atoms with E-state index >= 15 is 0 Å². The maximum Gasteiger partial charge on any atom is 0.375 e. The molecule has 0 saturated heterocycles. The van der Waals surface area contributed by atoms with Crippen LogP contribution in [0.1, 0.15) is 26.4 Å². The van der Waals surface area contributed by atoms with E-state index in [4.69, 9.17) is 4.84 Å². The summed E-state index contributed by atoms with van der Waals surface area (Å²) in [6, 6.07) is 19.7. The van der Waals surface area contributed by atoms with Crippen molar-refractivity contribution in [3.63, 3.8) is 0 Å². The van der Waals surface area contributed by atoms with Gasteiger partial charge in [-0.15, -0.1) is 23.1 Å². The molecule has 4 rings (SSSR count). The summed E-state index contributed by atoms with van der Waals surface area (Å²) in [4.78, 5) is 19.1. The number of carbonyl (C=O) groups excluding carboxylic acids is 1. The minimum atomic E-state index is -0.427. The van der Waals surface area contributed by atoms with E-state index in [1.54, 1.807) is 17.8 Å². The summed E-state index contributed by atoms with van der Waals surface area (Å²) >= 11 is 3.11. The quantitative estimate of drug-likeness (QED) is 0.484. The molecule has 5 heteroatoms. The van der Waals surface area contributed by atoms with Gasteiger partial charge >= 0.3 is 5.97 Å². The average Bonchev–Trinajstić information content (AvgIpc) is 3.11. The van der Waals surface area contributed by atoms with Crippen molar-refractivity contribution in [2.45, 2.75) is 10.6 Å². The first-order chi connectivity index (χ1) is 11.8. The maximum absolute atomic E-state index is 12.1. The van der Waals surface area contributed by atoms with Crippen molar-refractivity contribution in [1.29, 1.82) is 0 Å². The van der Waals surface area contributed by atoms with Crippen LogP contribution in [-0.4, -0.2) is 11.7 Å². The summed E-state index contributed by atoms with van der Waals surface area (Å²) in [5, 5.41) is 6.09. The van der Waals surface area contributed by atoms with E-state index in [0.29, 0.717) is 10.6 Å². The number of hydrogen-bond acceptors (Lipinski definition) is 5. The third-order valence-corrected chi connectivity index (χ3v) is 5.71. The molecular weight excluding hydrogens is 338 g/mol. The van der Waals surface area contributed by atoms with Crippen molar-refractivity contribution in [1.82, 2.24) is 0 Å². The highest BCUT2D eigenvalue weighted by Crippen LogP contribution is 2.34. The van der Waals surface area contributed by atoms with Gasteiger partial charge in [0, 0.05) is 21.8 Å². The van der Waals surface area contributed by atoms with E-state index in [1.165, 1.54) is 16.9 Å². The molecule has 1 aromatic heterocycles. The Kier molecular flexibility index (Phi) is 4.19. The van der Waals surface area contributed by atoms with Gasteiger partial charge in [-0.3, -0.25) is 0 Å². The number of rotatable bonds is 2. The SMILES string of the molecule is O=C(O/N=C1\c2ccccc2CSc2ccccc21)c1cccs1. The third-order valence-electron chi connectivity index (χ3n) is 3.74. The zero-order valence-corrected chi connectivity index (χ0v) is 14.3. The van der Waals surface area contributed by atoms with E-state index in [2.05, 4.69) is 17.3 Å². The molecule has 0 atom stereocenters. The first kappa shape index (κ1) is 15.2. The Labute approximate surface area is 148 Å². The highest BCUT2D eigenvalue weighted by molar-refractivity contribution is 7.98. The summed E-state index contributed by atoms with van der Waals surface area (Å²) in [6.45, 7) is 0. The molecular formula is C19H13NO2S2. The van der Waals surface area contributed by atoms with Crippen LogP contribution < -0.4 is 0 Å². The summed E-state index contributed by atoms with van der Waals surface area (Å²) in [6.07, 6.45) is 0. The zero-order chi connectivity index (χ0) is 16.4. The molecule has 3 aromatic rings. The molecule has 0 fully saturated rings. The van der Waals surface area contributed by atoms with Crippen LogP contribution in [0.3, 0.4) is 0 Å². The summed E-state index contributed by atoms with van der Waals surface area (Å²) in [5.74, 6) is 0.440. The van der Waals surface area contributed by atoms with Crippen LogP contribution in [0.4, 0.5) is 0 Å². The predicted molar refractivity (Wildman–Crippen MR) is 97.8 cm³/mol. The largest absolute Gasteiger partial charge is 0.375 e. The molecule has 3 nitrogen and oxygen atoms in total. The van der Waals surface area contributed by atoms with Gasteiger partial charge in [0.1, 0.15) is 10.6 Å². The number of fused-ring (bicyclic) bond motifs is 2. The predicted octanol–water partition coefficient (Wildman–Crippen LogP) is 4.96. The highest BCUT2D eigenvalue weighted by Gasteiger charge is 2.20. The van der Waals surface area contributed by atoms with Crippen molar-refractivity contribution < 1.29 is 9.63 Å². The van der Waals surface area contributed by atoms with Gasteiger partial charge in [-0.05, 0) is 23.1 Å². The molecule has 2 heterocycles. The first-order valence-electron chi connectivity index (χ1n) is 7.46. The molecule has 118 valence electrons. The molecule has 0 spiro atoms.